The number of carbonyl (C=O) groups excluding carboxylic acids is 5. The first kappa shape index (κ1) is 30.1. The highest BCUT2D eigenvalue weighted by Gasteiger charge is 2.39. The Morgan fingerprint density at radius 2 is 1.82 bits per heavy atom. The molecule has 0 bridgehead atoms. The Morgan fingerprint density at radius 1 is 1.18 bits per heavy atom. The molecule has 10 heteroatoms. The van der Waals surface area contributed by atoms with E-state index in [0.717, 1.165) is 18.6 Å². The lowest BCUT2D eigenvalue weighted by Gasteiger charge is -2.29. The molecule has 0 spiro atoms. The summed E-state index contributed by atoms with van der Waals surface area (Å²) < 4.78 is 0. The van der Waals surface area contributed by atoms with Gasteiger partial charge in [-0.1, -0.05) is 27.2 Å². The second kappa shape index (κ2) is 13.8. The zero-order valence-corrected chi connectivity index (χ0v) is 22.3. The molecular weight excluding hydrogens is 456 g/mol. The average molecular weight is 499 g/mol. The van der Waals surface area contributed by atoms with Crippen molar-refractivity contribution in [3.8, 4) is 0 Å². The quantitative estimate of drug-likeness (QED) is 0.275. The van der Waals surface area contributed by atoms with Gasteiger partial charge in [-0.3, -0.25) is 28.9 Å². The summed E-state index contributed by atoms with van der Waals surface area (Å²) in [6.07, 6.45) is 2.74. The summed E-state index contributed by atoms with van der Waals surface area (Å²) in [5.41, 5.74) is 4.86. The number of carbonyl (C=O) groups is 5. The summed E-state index contributed by atoms with van der Waals surface area (Å²) in [6, 6.07) is -0.982. The van der Waals surface area contributed by atoms with Crippen LogP contribution in [-0.2, 0) is 24.0 Å². The Kier molecular flexibility index (Phi) is 12.2. The Hall–Kier alpha value is -1.94. The minimum atomic E-state index is -0.865. The first-order valence-corrected chi connectivity index (χ1v) is 13.1. The number of nitrogens with one attached hydrogen (secondary N) is 1. The summed E-state index contributed by atoms with van der Waals surface area (Å²) in [7, 11) is 1.56. The third kappa shape index (κ3) is 9.02. The number of unbranched alkanes of at least 4 members (excludes halogenated alkanes) is 2. The number of likely N-dealkylation sites (tertiary alicyclic amines) is 1. The number of hydrogen-bond donors (Lipinski definition) is 2. The maximum atomic E-state index is 12.7. The van der Waals surface area contributed by atoms with Gasteiger partial charge in [0.1, 0.15) is 11.8 Å². The SMILES string of the molecule is CC(C)N1C(=O)CC(SCCCCCC(=O)N(C)[C@@H](CC(=O)C(C)(C)C)C(=O)NCCN)C1=O. The van der Waals surface area contributed by atoms with E-state index < -0.39 is 11.5 Å². The largest absolute Gasteiger partial charge is 0.353 e. The molecular formula is C24H42N4O5S. The Labute approximate surface area is 207 Å². The Balaban J connectivity index is 2.49. The first-order valence-electron chi connectivity index (χ1n) is 12.1. The van der Waals surface area contributed by atoms with Gasteiger partial charge >= 0.3 is 0 Å². The van der Waals surface area contributed by atoms with Crippen molar-refractivity contribution in [2.75, 3.05) is 25.9 Å². The molecule has 0 saturated carbocycles. The molecule has 0 aromatic carbocycles. The van der Waals surface area contributed by atoms with E-state index in [1.807, 2.05) is 13.8 Å². The smallest absolute Gasteiger partial charge is 0.243 e. The third-order valence-electron chi connectivity index (χ3n) is 5.83. The van der Waals surface area contributed by atoms with Gasteiger partial charge in [0.2, 0.25) is 23.6 Å². The van der Waals surface area contributed by atoms with Crippen LogP contribution in [0.4, 0.5) is 0 Å². The van der Waals surface area contributed by atoms with Crippen LogP contribution in [-0.4, -0.2) is 82.4 Å². The van der Waals surface area contributed by atoms with E-state index in [9.17, 15) is 24.0 Å². The molecule has 4 amide bonds. The number of nitrogens with two attached hydrogens (primary N) is 1. The molecule has 0 aromatic heterocycles. The molecule has 1 rings (SSSR count). The lowest BCUT2D eigenvalue weighted by molar-refractivity contribution is -0.142. The van der Waals surface area contributed by atoms with Gasteiger partial charge in [0.25, 0.3) is 0 Å². The molecule has 34 heavy (non-hydrogen) atoms. The average Bonchev–Trinajstić information content (AvgIpc) is 3.04. The second-order valence-corrected chi connectivity index (χ2v) is 11.4. The number of likely N-dealkylation sites (N-methyl/N-ethyl adjacent to an activating group) is 1. The van der Waals surface area contributed by atoms with Crippen molar-refractivity contribution in [2.24, 2.45) is 11.1 Å². The van der Waals surface area contributed by atoms with Gasteiger partial charge in [0.05, 0.1) is 5.25 Å². The van der Waals surface area contributed by atoms with Crippen LogP contribution in [0.15, 0.2) is 0 Å². The van der Waals surface area contributed by atoms with Crippen molar-refractivity contribution < 1.29 is 24.0 Å². The molecule has 1 heterocycles. The standard InChI is InChI=1S/C24H42N4O5S/c1-16(2)28-21(31)15-18(23(28)33)34-13-9-7-8-10-20(30)27(6)17(22(32)26-12-11-25)14-19(29)24(3,4)5/h16-18H,7-15,25H2,1-6H3,(H,26,32)/t17-,18?/m0/s1. The fraction of sp³-hybridized carbons (Fsp3) is 0.792. The van der Waals surface area contributed by atoms with Crippen molar-refractivity contribution in [1.82, 2.24) is 15.1 Å². The molecule has 9 nitrogen and oxygen atoms in total. The Morgan fingerprint density at radius 3 is 2.35 bits per heavy atom. The third-order valence-corrected chi connectivity index (χ3v) is 7.13. The summed E-state index contributed by atoms with van der Waals surface area (Å²) in [5, 5.41) is 2.38. The van der Waals surface area contributed by atoms with E-state index in [-0.39, 0.29) is 73.1 Å². The number of ketones is 1. The van der Waals surface area contributed by atoms with Crippen LogP contribution in [0.1, 0.15) is 73.1 Å². The van der Waals surface area contributed by atoms with Crippen LogP contribution in [0, 0.1) is 5.41 Å². The molecule has 1 aliphatic heterocycles. The van der Waals surface area contributed by atoms with Crippen molar-refractivity contribution >= 4 is 41.2 Å². The Bertz CT molecular complexity index is 750. The van der Waals surface area contributed by atoms with Gasteiger partial charge < -0.3 is 16.0 Å². The summed E-state index contributed by atoms with van der Waals surface area (Å²) in [5.74, 6) is -0.128. The molecule has 1 unspecified atom stereocenters. The van der Waals surface area contributed by atoms with E-state index in [1.54, 1.807) is 27.8 Å². The van der Waals surface area contributed by atoms with Crippen molar-refractivity contribution in [3.63, 3.8) is 0 Å². The van der Waals surface area contributed by atoms with Gasteiger partial charge in [-0.05, 0) is 32.4 Å². The van der Waals surface area contributed by atoms with E-state index in [1.165, 1.54) is 21.6 Å². The highest BCUT2D eigenvalue weighted by atomic mass is 32.2. The van der Waals surface area contributed by atoms with Crippen molar-refractivity contribution in [3.05, 3.63) is 0 Å². The monoisotopic (exact) mass is 498 g/mol. The van der Waals surface area contributed by atoms with E-state index in [2.05, 4.69) is 5.32 Å². The lowest BCUT2D eigenvalue weighted by Crippen LogP contribution is -2.50. The molecule has 2 atom stereocenters. The zero-order chi connectivity index (χ0) is 26.1. The van der Waals surface area contributed by atoms with E-state index >= 15 is 0 Å². The minimum Gasteiger partial charge on any atom is -0.353 e. The van der Waals surface area contributed by atoms with Crippen LogP contribution >= 0.6 is 11.8 Å². The molecule has 0 aromatic rings. The van der Waals surface area contributed by atoms with E-state index in [4.69, 9.17) is 5.73 Å². The van der Waals surface area contributed by atoms with Gasteiger partial charge in [-0.15, -0.1) is 11.8 Å². The maximum absolute atomic E-state index is 12.7. The van der Waals surface area contributed by atoms with Gasteiger partial charge in [0, 0.05) is 50.9 Å². The van der Waals surface area contributed by atoms with Crippen LogP contribution < -0.4 is 11.1 Å². The van der Waals surface area contributed by atoms with Crippen LogP contribution in [0.5, 0.6) is 0 Å². The molecule has 1 aliphatic rings. The summed E-state index contributed by atoms with van der Waals surface area (Å²) in [6.45, 7) is 9.60. The maximum Gasteiger partial charge on any atom is 0.243 e. The van der Waals surface area contributed by atoms with Crippen LogP contribution in [0.2, 0.25) is 0 Å². The fourth-order valence-electron chi connectivity index (χ4n) is 3.63. The molecule has 3 N–H and O–H groups in total. The van der Waals surface area contributed by atoms with Gasteiger partial charge in [0.15, 0.2) is 0 Å². The van der Waals surface area contributed by atoms with E-state index in [0.29, 0.717) is 6.42 Å². The number of nitrogens with zero attached hydrogens (tertiary/aromatic N) is 2. The molecule has 1 saturated heterocycles. The number of amides is 4. The van der Waals surface area contributed by atoms with Crippen LogP contribution in [0.25, 0.3) is 0 Å². The zero-order valence-electron chi connectivity index (χ0n) is 21.5. The number of rotatable bonds is 14. The lowest BCUT2D eigenvalue weighted by atomic mass is 9.86. The molecule has 194 valence electrons. The molecule has 0 aliphatic carbocycles. The summed E-state index contributed by atoms with van der Waals surface area (Å²) >= 11 is 1.50. The normalized spacial score (nSPS) is 17.3. The number of imide groups is 1. The highest BCUT2D eigenvalue weighted by Crippen LogP contribution is 2.27. The predicted molar refractivity (Wildman–Crippen MR) is 134 cm³/mol. The molecule has 0 radical (unpaired) electrons. The summed E-state index contributed by atoms with van der Waals surface area (Å²) in [4.78, 5) is 64.9. The predicted octanol–water partition coefficient (Wildman–Crippen LogP) is 1.72. The van der Waals surface area contributed by atoms with Crippen molar-refractivity contribution in [2.45, 2.75) is 90.5 Å². The van der Waals surface area contributed by atoms with Crippen LogP contribution in [0.3, 0.4) is 0 Å². The first-order chi connectivity index (χ1) is 15.8. The second-order valence-electron chi connectivity index (χ2n) is 10.0. The number of thioether (sulfide) groups is 1. The number of hydrogen-bond acceptors (Lipinski definition) is 7. The highest BCUT2D eigenvalue weighted by molar-refractivity contribution is 8.00. The van der Waals surface area contributed by atoms with Gasteiger partial charge in [-0.2, -0.15) is 0 Å². The minimum absolute atomic E-state index is 0.0414. The fourth-order valence-corrected chi connectivity index (χ4v) is 4.80. The van der Waals surface area contributed by atoms with Gasteiger partial charge in [-0.25, -0.2) is 0 Å². The topological polar surface area (TPSA) is 130 Å². The number of Topliss-reactive ketones (excluding diaryl/α,β-unsaturated/α-hetero) is 1. The molecule has 1 fully saturated rings. The van der Waals surface area contributed by atoms with Crippen molar-refractivity contribution in [1.29, 1.82) is 0 Å².